The van der Waals surface area contributed by atoms with Crippen LogP contribution in [-0.2, 0) is 4.79 Å². The number of nitrogens with one attached hydrogen (secondary N) is 1. The van der Waals surface area contributed by atoms with Crippen LogP contribution >= 0.6 is 11.6 Å². The Labute approximate surface area is 220 Å². The molecule has 6 nitrogen and oxygen atoms in total. The van der Waals surface area contributed by atoms with E-state index in [1.165, 1.54) is 5.69 Å². The molecule has 190 valence electrons. The number of likely N-dealkylation sites (N-methyl/N-ethyl adjacent to an activating group) is 1. The van der Waals surface area contributed by atoms with Gasteiger partial charge in [-0.05, 0) is 68.5 Å². The lowest BCUT2D eigenvalue weighted by atomic mass is 10.1. The quantitative estimate of drug-likeness (QED) is 0.437. The Bertz CT molecular complexity index is 1120. The molecule has 1 N–H and O–H groups in total. The molecular formula is C29H36ClN5O. The second kappa shape index (κ2) is 13.1. The zero-order valence-electron chi connectivity index (χ0n) is 21.5. The fourth-order valence-corrected chi connectivity index (χ4v) is 4.18. The number of rotatable bonds is 9. The van der Waals surface area contributed by atoms with Gasteiger partial charge in [-0.2, -0.15) is 0 Å². The molecule has 0 unspecified atom stereocenters. The maximum atomic E-state index is 12.9. The van der Waals surface area contributed by atoms with E-state index >= 15 is 0 Å². The van der Waals surface area contributed by atoms with Crippen LogP contribution in [0, 0.1) is 0 Å². The molecule has 2 heterocycles. The minimum absolute atomic E-state index is 0.153. The fourth-order valence-electron chi connectivity index (χ4n) is 4.04. The summed E-state index contributed by atoms with van der Waals surface area (Å²) < 4.78 is 0. The van der Waals surface area contributed by atoms with E-state index in [0.29, 0.717) is 16.7 Å². The van der Waals surface area contributed by atoms with Crippen molar-refractivity contribution < 1.29 is 4.79 Å². The molecule has 0 radical (unpaired) electrons. The molecule has 1 saturated heterocycles. The Kier molecular flexibility index (Phi) is 9.91. The van der Waals surface area contributed by atoms with Crippen molar-refractivity contribution in [3.05, 3.63) is 95.9 Å². The Hall–Kier alpha value is -3.35. The van der Waals surface area contributed by atoms with Crippen molar-refractivity contribution in [1.82, 2.24) is 9.80 Å². The van der Waals surface area contributed by atoms with Crippen molar-refractivity contribution in [3.63, 3.8) is 0 Å². The second-order valence-electron chi connectivity index (χ2n) is 8.77. The predicted octanol–water partition coefficient (Wildman–Crippen LogP) is 5.71. The monoisotopic (exact) mass is 505 g/mol. The van der Waals surface area contributed by atoms with E-state index in [9.17, 15) is 4.79 Å². The number of hydrogen-bond acceptors (Lipinski definition) is 5. The third-order valence-corrected chi connectivity index (χ3v) is 6.18. The van der Waals surface area contributed by atoms with Gasteiger partial charge in [-0.25, -0.2) is 4.99 Å². The molecule has 1 aromatic rings. The van der Waals surface area contributed by atoms with Crippen LogP contribution in [0.4, 0.5) is 11.4 Å². The molecule has 3 rings (SSSR count). The van der Waals surface area contributed by atoms with Gasteiger partial charge in [0.25, 0.3) is 5.91 Å². The van der Waals surface area contributed by atoms with Crippen molar-refractivity contribution >= 4 is 34.7 Å². The molecule has 1 aromatic carbocycles. The third-order valence-electron chi connectivity index (χ3n) is 6.07. The van der Waals surface area contributed by atoms with Crippen LogP contribution in [0.5, 0.6) is 0 Å². The largest absolute Gasteiger partial charge is 0.369 e. The summed E-state index contributed by atoms with van der Waals surface area (Å²) in [7, 11) is 2.16. The van der Waals surface area contributed by atoms with E-state index in [-0.39, 0.29) is 12.5 Å². The molecule has 0 aromatic heterocycles. The maximum absolute atomic E-state index is 12.9. The van der Waals surface area contributed by atoms with Crippen LogP contribution in [0.3, 0.4) is 0 Å². The van der Waals surface area contributed by atoms with E-state index in [1.54, 1.807) is 29.2 Å². The molecule has 1 amide bonds. The highest BCUT2D eigenvalue weighted by atomic mass is 35.5. The van der Waals surface area contributed by atoms with E-state index < -0.39 is 0 Å². The van der Waals surface area contributed by atoms with Gasteiger partial charge in [-0.1, -0.05) is 43.8 Å². The van der Waals surface area contributed by atoms with Gasteiger partial charge in [0.05, 0.1) is 6.54 Å². The van der Waals surface area contributed by atoms with Gasteiger partial charge in [0.15, 0.2) is 0 Å². The van der Waals surface area contributed by atoms with Crippen molar-refractivity contribution in [2.75, 3.05) is 50.0 Å². The maximum Gasteiger partial charge on any atom is 0.252 e. The van der Waals surface area contributed by atoms with Crippen LogP contribution in [-0.4, -0.2) is 61.3 Å². The fraction of sp³-hybridized carbons (Fsp3) is 0.310. The number of amides is 1. The summed E-state index contributed by atoms with van der Waals surface area (Å²) in [5.74, 6) is 1.09. The van der Waals surface area contributed by atoms with Crippen molar-refractivity contribution in [2.45, 2.75) is 20.3 Å². The Morgan fingerprint density at radius 2 is 1.86 bits per heavy atom. The van der Waals surface area contributed by atoms with Gasteiger partial charge in [0.2, 0.25) is 0 Å². The van der Waals surface area contributed by atoms with Gasteiger partial charge >= 0.3 is 0 Å². The topological polar surface area (TPSA) is 51.2 Å². The summed E-state index contributed by atoms with van der Waals surface area (Å²) >= 11 is 5.98. The molecule has 7 heteroatoms. The summed E-state index contributed by atoms with van der Waals surface area (Å²) in [6.45, 7) is 16.0. The number of halogens is 1. The molecule has 1 fully saturated rings. The third kappa shape index (κ3) is 7.33. The van der Waals surface area contributed by atoms with Crippen molar-refractivity contribution in [3.8, 4) is 0 Å². The SMILES string of the molecule is C=C/C(=C\C(=C)Cl)CN1C(=O)C=CC(=C/C)/C1=N\C(=C\CC)Nc1ccc(N2CCN(C)CC2)cc1. The number of allylic oxidation sites excluding steroid dienone is 4. The molecule has 0 spiro atoms. The van der Waals surface area contributed by atoms with Crippen LogP contribution in [0.25, 0.3) is 0 Å². The number of hydrogen-bond donors (Lipinski definition) is 1. The lowest BCUT2D eigenvalue weighted by Gasteiger charge is -2.34. The first kappa shape index (κ1) is 27.2. The van der Waals surface area contributed by atoms with Crippen LogP contribution < -0.4 is 10.2 Å². The van der Waals surface area contributed by atoms with Gasteiger partial charge in [-0.15, -0.1) is 0 Å². The zero-order chi connectivity index (χ0) is 26.1. The summed E-state index contributed by atoms with van der Waals surface area (Å²) in [5, 5.41) is 3.81. The van der Waals surface area contributed by atoms with E-state index in [2.05, 4.69) is 66.5 Å². The molecular weight excluding hydrogens is 470 g/mol. The van der Waals surface area contributed by atoms with E-state index in [4.69, 9.17) is 16.6 Å². The minimum Gasteiger partial charge on any atom is -0.369 e. The highest BCUT2D eigenvalue weighted by Gasteiger charge is 2.25. The average Bonchev–Trinajstić information content (AvgIpc) is 2.86. The smallest absolute Gasteiger partial charge is 0.252 e. The number of amidine groups is 1. The molecule has 0 bridgehead atoms. The number of carbonyl (C=O) groups is 1. The number of nitrogens with zero attached hydrogens (tertiary/aromatic N) is 4. The number of carbonyl (C=O) groups excluding carboxylic acids is 1. The van der Waals surface area contributed by atoms with Crippen molar-refractivity contribution in [2.24, 2.45) is 4.99 Å². The first-order chi connectivity index (χ1) is 17.3. The molecule has 2 aliphatic heterocycles. The Morgan fingerprint density at radius 1 is 1.17 bits per heavy atom. The first-order valence-electron chi connectivity index (χ1n) is 12.3. The number of anilines is 2. The van der Waals surface area contributed by atoms with Crippen molar-refractivity contribution in [1.29, 1.82) is 0 Å². The number of aliphatic imine (C=N–C) groups is 1. The lowest BCUT2D eigenvalue weighted by Crippen LogP contribution is -2.44. The highest BCUT2D eigenvalue weighted by molar-refractivity contribution is 6.30. The number of piperazine rings is 1. The molecule has 2 aliphatic rings. The van der Waals surface area contributed by atoms with Gasteiger partial charge < -0.3 is 15.1 Å². The Morgan fingerprint density at radius 3 is 2.44 bits per heavy atom. The standard InChI is InChI=1S/C29H36ClN5O/c1-6-9-27(31-25-11-13-26(14-12-25)34-18-16-33(5)17-19-34)32-29-24(8-3)10-15-28(36)35(29)21-23(7-2)20-22(4)30/h7-15,20,31H,2,4,6,16-19,21H2,1,3,5H3/b23-20+,24-8-,27-9+,32-29+. The molecule has 0 atom stereocenters. The van der Waals surface area contributed by atoms with E-state index in [1.807, 2.05) is 19.1 Å². The summed E-state index contributed by atoms with van der Waals surface area (Å²) in [4.78, 5) is 24.2. The zero-order valence-corrected chi connectivity index (χ0v) is 22.3. The number of benzene rings is 1. The second-order valence-corrected chi connectivity index (χ2v) is 9.25. The van der Waals surface area contributed by atoms with E-state index in [0.717, 1.165) is 49.4 Å². The lowest BCUT2D eigenvalue weighted by molar-refractivity contribution is -0.122. The van der Waals surface area contributed by atoms with Gasteiger partial charge in [-0.3, -0.25) is 9.69 Å². The molecule has 0 saturated carbocycles. The predicted molar refractivity (Wildman–Crippen MR) is 153 cm³/mol. The first-order valence-corrected chi connectivity index (χ1v) is 12.7. The summed E-state index contributed by atoms with van der Waals surface area (Å²) in [6.07, 6.45) is 11.5. The van der Waals surface area contributed by atoms with Crippen LogP contribution in [0.2, 0.25) is 0 Å². The molecule has 0 aliphatic carbocycles. The minimum atomic E-state index is -0.153. The molecule has 36 heavy (non-hydrogen) atoms. The van der Waals surface area contributed by atoms with Gasteiger partial charge in [0.1, 0.15) is 11.7 Å². The Balaban J connectivity index is 1.86. The highest BCUT2D eigenvalue weighted by Crippen LogP contribution is 2.23. The van der Waals surface area contributed by atoms with Crippen LogP contribution in [0.1, 0.15) is 20.3 Å². The van der Waals surface area contributed by atoms with Gasteiger partial charge in [0, 0.05) is 54.2 Å². The average molecular weight is 506 g/mol. The van der Waals surface area contributed by atoms with Crippen LogP contribution in [0.15, 0.2) is 101 Å². The summed E-state index contributed by atoms with van der Waals surface area (Å²) in [6, 6.07) is 8.42. The summed E-state index contributed by atoms with van der Waals surface area (Å²) in [5.41, 5.74) is 3.79. The normalized spacial score (nSPS) is 19.8.